The number of unbranched alkanes of at least 4 members (excludes halogenated alkanes) is 2. The van der Waals surface area contributed by atoms with Crippen molar-refractivity contribution in [3.05, 3.63) is 40.6 Å². The number of ketones is 1. The number of Topliss-reactive ketones (excluding diaryl/α,β-unsaturated/α-hetero) is 1. The van der Waals surface area contributed by atoms with Crippen LogP contribution in [-0.2, 0) is 9.53 Å². The molecule has 2 rings (SSSR count). The summed E-state index contributed by atoms with van der Waals surface area (Å²) in [7, 11) is 1.62. The zero-order valence-electron chi connectivity index (χ0n) is 15.9. The number of nitro benzene ring substituents is 1. The van der Waals surface area contributed by atoms with Crippen LogP contribution in [-0.4, -0.2) is 47.1 Å². The molecule has 150 valence electrons. The highest BCUT2D eigenvalue weighted by Gasteiger charge is 2.16. The minimum Gasteiger partial charge on any atom is -0.455 e. The van der Waals surface area contributed by atoms with E-state index in [0.717, 1.165) is 19.3 Å². The SMILES string of the molecule is CC(=O)CCCCCN(C)C(=O)OCOc1ccc([N+](=O)[O-])c2cccnc12. The van der Waals surface area contributed by atoms with Gasteiger partial charge in [-0.15, -0.1) is 0 Å². The molecule has 28 heavy (non-hydrogen) atoms. The Morgan fingerprint density at radius 1 is 1.21 bits per heavy atom. The van der Waals surface area contributed by atoms with Gasteiger partial charge < -0.3 is 19.2 Å². The summed E-state index contributed by atoms with van der Waals surface area (Å²) in [5, 5.41) is 11.5. The number of nitro groups is 1. The van der Waals surface area contributed by atoms with Crippen LogP contribution in [0.1, 0.15) is 32.6 Å². The van der Waals surface area contributed by atoms with Crippen LogP contribution in [0.25, 0.3) is 10.9 Å². The van der Waals surface area contributed by atoms with Gasteiger partial charge in [-0.3, -0.25) is 15.1 Å². The number of amides is 1. The Morgan fingerprint density at radius 3 is 2.71 bits per heavy atom. The molecule has 9 heteroatoms. The summed E-state index contributed by atoms with van der Waals surface area (Å²) >= 11 is 0. The zero-order valence-corrected chi connectivity index (χ0v) is 15.9. The second kappa shape index (κ2) is 10.2. The average Bonchev–Trinajstić information content (AvgIpc) is 2.67. The first-order valence-corrected chi connectivity index (χ1v) is 8.92. The third-order valence-corrected chi connectivity index (χ3v) is 4.14. The molecule has 0 unspecified atom stereocenters. The first-order valence-electron chi connectivity index (χ1n) is 8.92. The molecule has 0 saturated heterocycles. The number of nitrogens with zero attached hydrogens (tertiary/aromatic N) is 3. The number of carbonyl (C=O) groups is 2. The van der Waals surface area contributed by atoms with Crippen LogP contribution >= 0.6 is 0 Å². The standard InChI is InChI=1S/C19H23N3O6/c1-14(23)7-4-3-5-12-21(2)19(24)28-13-27-17-10-9-16(22(25)26)15-8-6-11-20-18(15)17/h6,8-11H,3-5,7,12-13H2,1-2H3. The third-order valence-electron chi connectivity index (χ3n) is 4.14. The highest BCUT2D eigenvalue weighted by atomic mass is 16.7. The second-order valence-electron chi connectivity index (χ2n) is 6.35. The quantitative estimate of drug-likeness (QED) is 0.263. The number of pyridine rings is 1. The van der Waals surface area contributed by atoms with Gasteiger partial charge in [-0.25, -0.2) is 4.79 Å². The van der Waals surface area contributed by atoms with Crippen LogP contribution in [0.3, 0.4) is 0 Å². The maximum atomic E-state index is 12.0. The normalized spacial score (nSPS) is 10.5. The predicted molar refractivity (Wildman–Crippen MR) is 102 cm³/mol. The molecule has 2 aromatic rings. The number of hydrogen-bond donors (Lipinski definition) is 0. The highest BCUT2D eigenvalue weighted by Crippen LogP contribution is 2.31. The Kier molecular flexibility index (Phi) is 7.67. The van der Waals surface area contributed by atoms with Crippen molar-refractivity contribution < 1.29 is 24.0 Å². The lowest BCUT2D eigenvalue weighted by Gasteiger charge is -2.17. The van der Waals surface area contributed by atoms with E-state index >= 15 is 0 Å². The number of ether oxygens (including phenoxy) is 2. The highest BCUT2D eigenvalue weighted by molar-refractivity contribution is 5.92. The number of rotatable bonds is 10. The first-order chi connectivity index (χ1) is 13.4. The molecule has 1 heterocycles. The van der Waals surface area contributed by atoms with E-state index in [9.17, 15) is 19.7 Å². The Hall–Kier alpha value is -3.23. The fraction of sp³-hybridized carbons (Fsp3) is 0.421. The molecule has 0 aliphatic heterocycles. The number of non-ortho nitro benzene ring substituents is 1. The van der Waals surface area contributed by atoms with E-state index in [4.69, 9.17) is 9.47 Å². The van der Waals surface area contributed by atoms with E-state index in [1.165, 1.54) is 23.2 Å². The van der Waals surface area contributed by atoms with Gasteiger partial charge in [-0.1, -0.05) is 6.42 Å². The van der Waals surface area contributed by atoms with Crippen molar-refractivity contribution in [2.75, 3.05) is 20.4 Å². The number of benzene rings is 1. The van der Waals surface area contributed by atoms with E-state index in [1.807, 2.05) is 0 Å². The molecule has 0 fully saturated rings. The largest absolute Gasteiger partial charge is 0.455 e. The van der Waals surface area contributed by atoms with Gasteiger partial charge in [0, 0.05) is 32.3 Å². The Morgan fingerprint density at radius 2 is 2.00 bits per heavy atom. The van der Waals surface area contributed by atoms with Crippen LogP contribution in [0.15, 0.2) is 30.5 Å². The Balaban J connectivity index is 1.84. The smallest absolute Gasteiger partial charge is 0.412 e. The van der Waals surface area contributed by atoms with Crippen LogP contribution < -0.4 is 4.74 Å². The fourth-order valence-corrected chi connectivity index (χ4v) is 2.65. The number of aromatic nitrogens is 1. The van der Waals surface area contributed by atoms with Crippen molar-refractivity contribution in [2.24, 2.45) is 0 Å². The monoisotopic (exact) mass is 389 g/mol. The van der Waals surface area contributed by atoms with Crippen LogP contribution in [0.2, 0.25) is 0 Å². The van der Waals surface area contributed by atoms with Gasteiger partial charge in [-0.05, 0) is 38.0 Å². The summed E-state index contributed by atoms with van der Waals surface area (Å²) in [5.74, 6) is 0.457. The van der Waals surface area contributed by atoms with E-state index in [0.29, 0.717) is 29.6 Å². The predicted octanol–water partition coefficient (Wildman–Crippen LogP) is 3.70. The summed E-state index contributed by atoms with van der Waals surface area (Å²) in [6, 6.07) is 5.94. The number of hydrogen-bond acceptors (Lipinski definition) is 7. The Labute approximate surface area is 162 Å². The topological polar surface area (TPSA) is 112 Å². The van der Waals surface area contributed by atoms with Crippen molar-refractivity contribution in [2.45, 2.75) is 32.6 Å². The summed E-state index contributed by atoms with van der Waals surface area (Å²) in [6.45, 7) is 1.74. The average molecular weight is 389 g/mol. The second-order valence-corrected chi connectivity index (χ2v) is 6.35. The molecular formula is C19H23N3O6. The molecular weight excluding hydrogens is 366 g/mol. The lowest BCUT2D eigenvalue weighted by atomic mass is 10.1. The van der Waals surface area contributed by atoms with E-state index in [1.54, 1.807) is 26.1 Å². The molecule has 1 aromatic carbocycles. The minimum absolute atomic E-state index is 0.0723. The van der Waals surface area contributed by atoms with Crippen molar-refractivity contribution in [1.29, 1.82) is 0 Å². The number of fused-ring (bicyclic) bond motifs is 1. The zero-order chi connectivity index (χ0) is 20.5. The molecule has 0 bridgehead atoms. The molecule has 9 nitrogen and oxygen atoms in total. The van der Waals surface area contributed by atoms with Gasteiger partial charge in [0.05, 0.1) is 10.3 Å². The molecule has 0 spiro atoms. The summed E-state index contributed by atoms with van der Waals surface area (Å²) in [6.07, 6.45) is 3.96. The van der Waals surface area contributed by atoms with Crippen LogP contribution in [0.4, 0.5) is 10.5 Å². The maximum Gasteiger partial charge on any atom is 0.412 e. The fourth-order valence-electron chi connectivity index (χ4n) is 2.65. The lowest BCUT2D eigenvalue weighted by molar-refractivity contribution is -0.383. The van der Waals surface area contributed by atoms with Crippen LogP contribution in [0, 0.1) is 10.1 Å². The van der Waals surface area contributed by atoms with Crippen molar-refractivity contribution in [3.8, 4) is 5.75 Å². The number of carbonyl (C=O) groups excluding carboxylic acids is 2. The molecule has 0 atom stereocenters. The van der Waals surface area contributed by atoms with Crippen molar-refractivity contribution in [1.82, 2.24) is 9.88 Å². The third kappa shape index (κ3) is 5.90. The molecule has 0 saturated carbocycles. The first kappa shape index (κ1) is 21.1. The van der Waals surface area contributed by atoms with Gasteiger partial charge in [0.1, 0.15) is 17.0 Å². The summed E-state index contributed by atoms with van der Waals surface area (Å²) < 4.78 is 10.5. The van der Waals surface area contributed by atoms with Gasteiger partial charge in [0.25, 0.3) is 5.69 Å². The molecule has 0 N–H and O–H groups in total. The lowest BCUT2D eigenvalue weighted by Crippen LogP contribution is -2.29. The maximum absolute atomic E-state index is 12.0. The van der Waals surface area contributed by atoms with Gasteiger partial charge in [0.15, 0.2) is 0 Å². The van der Waals surface area contributed by atoms with Crippen molar-refractivity contribution >= 4 is 28.5 Å². The van der Waals surface area contributed by atoms with E-state index in [-0.39, 0.29) is 18.3 Å². The van der Waals surface area contributed by atoms with Gasteiger partial charge >= 0.3 is 6.09 Å². The minimum atomic E-state index is -0.536. The molecule has 1 aromatic heterocycles. The van der Waals surface area contributed by atoms with E-state index in [2.05, 4.69) is 4.98 Å². The van der Waals surface area contributed by atoms with Crippen LogP contribution in [0.5, 0.6) is 5.75 Å². The molecule has 0 radical (unpaired) electrons. The Bertz CT molecular complexity index is 855. The molecule has 0 aliphatic rings. The van der Waals surface area contributed by atoms with Gasteiger partial charge in [-0.2, -0.15) is 0 Å². The van der Waals surface area contributed by atoms with Crippen molar-refractivity contribution in [3.63, 3.8) is 0 Å². The van der Waals surface area contributed by atoms with E-state index < -0.39 is 11.0 Å². The summed E-state index contributed by atoms with van der Waals surface area (Å²) in [4.78, 5) is 39.0. The van der Waals surface area contributed by atoms with Gasteiger partial charge in [0.2, 0.25) is 6.79 Å². The molecule has 0 aliphatic carbocycles. The molecule has 1 amide bonds. The summed E-state index contributed by atoms with van der Waals surface area (Å²) in [5.41, 5.74) is 0.253.